The maximum Gasteiger partial charge on any atom is 0.217 e. The van der Waals surface area contributed by atoms with Crippen LogP contribution in [-0.2, 0) is 27.4 Å². The van der Waals surface area contributed by atoms with Crippen LogP contribution in [0.25, 0.3) is 0 Å². The minimum absolute atomic E-state index is 0.0372. The molecule has 4 rings (SSSR count). The van der Waals surface area contributed by atoms with Crippen LogP contribution < -0.4 is 5.32 Å². The number of ether oxygens (including phenoxy) is 2. The van der Waals surface area contributed by atoms with Gasteiger partial charge in [-0.2, -0.15) is 0 Å². The second-order valence-corrected chi connectivity index (χ2v) is 10.0. The van der Waals surface area contributed by atoms with Crippen LogP contribution in [0.5, 0.6) is 0 Å². The molecule has 0 radical (unpaired) electrons. The van der Waals surface area contributed by atoms with Gasteiger partial charge in [-0.3, -0.25) is 4.79 Å². The Hall–Kier alpha value is -2.25. The lowest BCUT2D eigenvalue weighted by Crippen LogP contribution is -2.45. The van der Waals surface area contributed by atoms with Crippen molar-refractivity contribution in [3.8, 4) is 0 Å². The Bertz CT molecular complexity index is 923. The number of carbonyl (C=O) groups excluding carboxylic acids is 1. The molecule has 0 bridgehead atoms. The van der Waals surface area contributed by atoms with Crippen molar-refractivity contribution in [2.75, 3.05) is 19.6 Å². The minimum Gasteiger partial charge on any atom is -0.392 e. The summed E-state index contributed by atoms with van der Waals surface area (Å²) >= 11 is 0. The summed E-state index contributed by atoms with van der Waals surface area (Å²) in [5.74, 6) is 0.153. The third-order valence-corrected chi connectivity index (χ3v) is 7.30. The number of carbonyl (C=O) groups is 1. The molecular weight excluding hydrogens is 440 g/mol. The maximum atomic E-state index is 11.2. The predicted molar refractivity (Wildman–Crippen MR) is 136 cm³/mol. The van der Waals surface area contributed by atoms with Gasteiger partial charge >= 0.3 is 0 Å². The van der Waals surface area contributed by atoms with Crippen molar-refractivity contribution >= 4 is 5.91 Å². The van der Waals surface area contributed by atoms with Gasteiger partial charge in [0.15, 0.2) is 6.29 Å². The highest BCUT2D eigenvalue weighted by Gasteiger charge is 2.39. The Kier molecular flexibility index (Phi) is 9.32. The summed E-state index contributed by atoms with van der Waals surface area (Å²) in [4.78, 5) is 13.8. The number of aliphatic hydroxyl groups is 1. The van der Waals surface area contributed by atoms with Gasteiger partial charge in [0.05, 0.1) is 18.8 Å². The van der Waals surface area contributed by atoms with Crippen molar-refractivity contribution < 1.29 is 19.4 Å². The quantitative estimate of drug-likeness (QED) is 0.592. The highest BCUT2D eigenvalue weighted by molar-refractivity contribution is 5.72. The summed E-state index contributed by atoms with van der Waals surface area (Å²) in [7, 11) is 0. The van der Waals surface area contributed by atoms with Crippen LogP contribution in [0, 0.1) is 5.92 Å². The highest BCUT2D eigenvalue weighted by Crippen LogP contribution is 2.42. The van der Waals surface area contributed by atoms with E-state index in [4.69, 9.17) is 9.47 Å². The Morgan fingerprint density at radius 3 is 2.14 bits per heavy atom. The molecule has 0 spiro atoms. The van der Waals surface area contributed by atoms with Gasteiger partial charge < -0.3 is 24.8 Å². The van der Waals surface area contributed by atoms with E-state index in [1.54, 1.807) is 0 Å². The van der Waals surface area contributed by atoms with Crippen LogP contribution in [0.4, 0.5) is 0 Å². The van der Waals surface area contributed by atoms with E-state index < -0.39 is 6.29 Å². The van der Waals surface area contributed by atoms with Crippen molar-refractivity contribution in [2.24, 2.45) is 5.92 Å². The molecule has 0 aliphatic carbocycles. The number of hydrogen-bond acceptors (Lipinski definition) is 5. The molecule has 4 atom stereocenters. The van der Waals surface area contributed by atoms with E-state index in [0.29, 0.717) is 6.54 Å². The fraction of sp³-hybridized carbons (Fsp3) is 0.552. The van der Waals surface area contributed by atoms with E-state index in [0.717, 1.165) is 41.9 Å². The van der Waals surface area contributed by atoms with Gasteiger partial charge in [-0.1, -0.05) is 74.7 Å². The fourth-order valence-corrected chi connectivity index (χ4v) is 5.10. The smallest absolute Gasteiger partial charge is 0.217 e. The number of benzene rings is 2. The van der Waals surface area contributed by atoms with E-state index in [-0.39, 0.29) is 30.6 Å². The van der Waals surface area contributed by atoms with Crippen LogP contribution in [0.2, 0.25) is 0 Å². The molecular formula is C29H40N2O4. The maximum absolute atomic E-state index is 11.2. The van der Waals surface area contributed by atoms with Crippen molar-refractivity contribution in [1.29, 1.82) is 0 Å². The zero-order chi connectivity index (χ0) is 24.6. The van der Waals surface area contributed by atoms with Crippen molar-refractivity contribution in [3.63, 3.8) is 0 Å². The van der Waals surface area contributed by atoms with E-state index in [2.05, 4.69) is 29.3 Å². The molecule has 2 aliphatic rings. The van der Waals surface area contributed by atoms with Crippen molar-refractivity contribution in [3.05, 3.63) is 70.8 Å². The number of nitrogens with zero attached hydrogens (tertiary/aromatic N) is 1. The lowest BCUT2D eigenvalue weighted by Gasteiger charge is -2.43. The Balaban J connectivity index is 1.53. The SMILES string of the molecule is CC(=O)NCc1ccc([C@H]2O[C@@H](CN3CCCCCCC3)[C@@H](C)[C@@H](c3ccc(CO)cc3)O2)cc1. The van der Waals surface area contributed by atoms with Gasteiger partial charge in [0.25, 0.3) is 0 Å². The molecule has 2 aliphatic heterocycles. The molecule has 2 heterocycles. The Labute approximate surface area is 209 Å². The fourth-order valence-electron chi connectivity index (χ4n) is 5.10. The number of rotatable bonds is 7. The molecule has 2 aromatic carbocycles. The summed E-state index contributed by atoms with van der Waals surface area (Å²) in [6.07, 6.45) is 5.98. The Morgan fingerprint density at radius 1 is 0.914 bits per heavy atom. The second kappa shape index (κ2) is 12.6. The molecule has 190 valence electrons. The second-order valence-electron chi connectivity index (χ2n) is 10.0. The number of aliphatic hydroxyl groups excluding tert-OH is 1. The molecule has 1 amide bonds. The number of likely N-dealkylation sites (tertiary alicyclic amines) is 1. The van der Waals surface area contributed by atoms with Crippen LogP contribution >= 0.6 is 0 Å². The van der Waals surface area contributed by atoms with Crippen molar-refractivity contribution in [2.45, 2.75) is 77.6 Å². The summed E-state index contributed by atoms with van der Waals surface area (Å²) < 4.78 is 13.2. The monoisotopic (exact) mass is 480 g/mol. The molecule has 2 N–H and O–H groups in total. The average molecular weight is 481 g/mol. The van der Waals surface area contributed by atoms with Gasteiger partial charge in [0, 0.05) is 31.5 Å². The van der Waals surface area contributed by atoms with E-state index >= 15 is 0 Å². The molecule has 0 saturated carbocycles. The summed E-state index contributed by atoms with van der Waals surface area (Å²) in [6, 6.07) is 16.2. The molecule has 0 unspecified atom stereocenters. The number of hydrogen-bond donors (Lipinski definition) is 2. The van der Waals surface area contributed by atoms with E-state index in [9.17, 15) is 9.90 Å². The van der Waals surface area contributed by atoms with Gasteiger partial charge in [-0.05, 0) is 42.6 Å². The first-order chi connectivity index (χ1) is 17.0. The van der Waals surface area contributed by atoms with Crippen LogP contribution in [0.1, 0.15) is 80.6 Å². The molecule has 2 fully saturated rings. The molecule has 2 saturated heterocycles. The van der Waals surface area contributed by atoms with Gasteiger partial charge in [-0.25, -0.2) is 0 Å². The zero-order valence-corrected chi connectivity index (χ0v) is 21.1. The molecule has 6 heteroatoms. The van der Waals surface area contributed by atoms with Crippen LogP contribution in [-0.4, -0.2) is 41.7 Å². The first-order valence-corrected chi connectivity index (χ1v) is 13.1. The van der Waals surface area contributed by atoms with Gasteiger partial charge in [0.1, 0.15) is 0 Å². The summed E-state index contributed by atoms with van der Waals surface area (Å²) in [6.45, 7) is 7.47. The average Bonchev–Trinajstić information content (AvgIpc) is 2.86. The van der Waals surface area contributed by atoms with Crippen molar-refractivity contribution in [1.82, 2.24) is 10.2 Å². The first-order valence-electron chi connectivity index (χ1n) is 13.1. The zero-order valence-electron chi connectivity index (χ0n) is 21.1. The highest BCUT2D eigenvalue weighted by atomic mass is 16.7. The van der Waals surface area contributed by atoms with Gasteiger partial charge in [0.2, 0.25) is 5.91 Å². The van der Waals surface area contributed by atoms with Crippen LogP contribution in [0.3, 0.4) is 0 Å². The standard InChI is InChI=1S/C29H40N2O4/c1-21-27(19-31-16-6-4-3-5-7-17-31)34-29(26-14-8-23(9-15-26)18-30-22(2)33)35-28(21)25-12-10-24(20-32)11-13-25/h8-15,21,27-29,32H,3-7,16-20H2,1-2H3,(H,30,33)/t21-,27+,28+,29+/m1/s1. The Morgan fingerprint density at radius 2 is 1.51 bits per heavy atom. The van der Waals surface area contributed by atoms with E-state index in [1.165, 1.54) is 39.0 Å². The number of nitrogens with one attached hydrogen (secondary N) is 1. The van der Waals surface area contributed by atoms with Crippen LogP contribution in [0.15, 0.2) is 48.5 Å². The lowest BCUT2D eigenvalue weighted by atomic mass is 9.89. The van der Waals surface area contributed by atoms with E-state index in [1.807, 2.05) is 36.4 Å². The third-order valence-electron chi connectivity index (χ3n) is 7.30. The predicted octanol–water partition coefficient (Wildman–Crippen LogP) is 4.87. The first kappa shape index (κ1) is 25.8. The topological polar surface area (TPSA) is 71.0 Å². The largest absolute Gasteiger partial charge is 0.392 e. The molecule has 35 heavy (non-hydrogen) atoms. The normalized spacial score (nSPS) is 26.0. The summed E-state index contributed by atoms with van der Waals surface area (Å²) in [5.41, 5.74) is 4.04. The third kappa shape index (κ3) is 7.14. The summed E-state index contributed by atoms with van der Waals surface area (Å²) in [5, 5.41) is 12.3. The molecule has 6 nitrogen and oxygen atoms in total. The lowest BCUT2D eigenvalue weighted by molar-refractivity contribution is -0.276. The molecule has 2 aromatic rings. The molecule has 0 aromatic heterocycles. The van der Waals surface area contributed by atoms with Gasteiger partial charge in [-0.15, -0.1) is 0 Å². The minimum atomic E-state index is -0.455. The number of amides is 1.